The van der Waals surface area contributed by atoms with Crippen molar-refractivity contribution in [3.63, 3.8) is 0 Å². The van der Waals surface area contributed by atoms with Crippen molar-refractivity contribution >= 4 is 25.6 Å². The van der Waals surface area contributed by atoms with Crippen molar-refractivity contribution in [2.24, 2.45) is 0 Å². The molecule has 1 amide bonds. The van der Waals surface area contributed by atoms with Crippen molar-refractivity contribution in [3.8, 4) is 5.75 Å². The Morgan fingerprint density at radius 3 is 2.52 bits per heavy atom. The zero-order chi connectivity index (χ0) is 21.9. The van der Waals surface area contributed by atoms with Gasteiger partial charge in [0.25, 0.3) is 0 Å². The van der Waals surface area contributed by atoms with E-state index in [1.807, 2.05) is 0 Å². The van der Waals surface area contributed by atoms with E-state index in [0.29, 0.717) is 4.90 Å². The van der Waals surface area contributed by atoms with Gasteiger partial charge in [0.05, 0.1) is 13.2 Å². The molecule has 1 saturated heterocycles. The van der Waals surface area contributed by atoms with E-state index in [-0.39, 0.29) is 23.6 Å². The molecule has 1 aliphatic rings. The summed E-state index contributed by atoms with van der Waals surface area (Å²) in [7, 11) is -4.72. The van der Waals surface area contributed by atoms with Crippen LogP contribution in [0.4, 0.5) is 0 Å². The third kappa shape index (κ3) is 4.91. The lowest BCUT2D eigenvalue weighted by Crippen LogP contribution is -2.63. The third-order valence-electron chi connectivity index (χ3n) is 4.46. The Balaban J connectivity index is 2.59. The molecule has 0 bridgehead atoms. The number of benzene rings is 1. The number of aliphatic hydroxyl groups excluding tert-OH is 4. The first kappa shape index (κ1) is 24.0. The highest BCUT2D eigenvalue weighted by atomic mass is 35.5. The maximum absolute atomic E-state index is 12.9. The summed E-state index contributed by atoms with van der Waals surface area (Å²) in [6.07, 6.45) is -8.55. The van der Waals surface area contributed by atoms with Crippen molar-refractivity contribution in [3.05, 3.63) is 28.8 Å². The summed E-state index contributed by atoms with van der Waals surface area (Å²) in [4.78, 5) is 22.9. The van der Waals surface area contributed by atoms with Crippen LogP contribution in [0.15, 0.2) is 18.2 Å². The van der Waals surface area contributed by atoms with Gasteiger partial charge in [-0.15, -0.1) is 0 Å². The Hall–Kier alpha value is -1.27. The topological polar surface area (TPSA) is 177 Å². The van der Waals surface area contributed by atoms with E-state index in [1.165, 1.54) is 13.0 Å². The second-order valence-corrected chi connectivity index (χ2v) is 8.64. The quantitative estimate of drug-likeness (QED) is 0.222. The summed E-state index contributed by atoms with van der Waals surface area (Å²) in [5.74, 6) is -2.38. The molecule has 13 heteroatoms. The number of aliphatic hydroxyl groups is 4. The lowest BCUT2D eigenvalue weighted by Gasteiger charge is -2.45. The lowest BCUT2D eigenvalue weighted by molar-refractivity contribution is -0.262. The largest absolute Gasteiger partial charge is 0.508 e. The minimum Gasteiger partial charge on any atom is -0.508 e. The van der Waals surface area contributed by atoms with Crippen LogP contribution in [0.2, 0.25) is 5.02 Å². The normalized spacial score (nSPS) is 30.4. The molecule has 1 aromatic rings. The fourth-order valence-electron chi connectivity index (χ4n) is 3.08. The summed E-state index contributed by atoms with van der Waals surface area (Å²) < 4.78 is 23.1. The van der Waals surface area contributed by atoms with Crippen molar-refractivity contribution < 1.29 is 49.0 Å². The van der Waals surface area contributed by atoms with Crippen LogP contribution in [0.5, 0.6) is 5.75 Å². The molecule has 11 nitrogen and oxygen atoms in total. The molecule has 1 aromatic carbocycles. The van der Waals surface area contributed by atoms with Crippen LogP contribution in [0.1, 0.15) is 18.3 Å². The summed E-state index contributed by atoms with van der Waals surface area (Å²) in [5, 5.41) is 49.9. The highest BCUT2D eigenvalue weighted by molar-refractivity contribution is 7.53. The Labute approximate surface area is 171 Å². The fourth-order valence-corrected chi connectivity index (χ4v) is 4.85. The number of nitrogens with zero attached hydrogens (tertiary/aromatic N) is 1. The number of carbonyl (C=O) groups is 1. The van der Waals surface area contributed by atoms with Gasteiger partial charge in [-0.25, -0.2) is 0 Å². The van der Waals surface area contributed by atoms with E-state index in [1.54, 1.807) is 0 Å². The molecule has 0 radical (unpaired) electrons. The van der Waals surface area contributed by atoms with Crippen LogP contribution in [0.3, 0.4) is 0 Å². The monoisotopic (exact) mass is 455 g/mol. The molecule has 1 heterocycles. The van der Waals surface area contributed by atoms with E-state index in [4.69, 9.17) is 20.9 Å². The SMILES string of the molecule is CCOP(=O)(O)C(c1cc(Cl)ccc1O)N(C=O)C1O[C@H](CO)[C@@H](O)[C@H](O)[C@H]1O. The number of rotatable bonds is 8. The average Bonchev–Trinajstić information content (AvgIpc) is 2.67. The van der Waals surface area contributed by atoms with Crippen molar-refractivity contribution in [2.75, 3.05) is 13.2 Å². The van der Waals surface area contributed by atoms with Gasteiger partial charge in [0.2, 0.25) is 6.41 Å². The molecule has 0 aliphatic carbocycles. The van der Waals surface area contributed by atoms with Crippen molar-refractivity contribution in [2.45, 2.75) is 43.4 Å². The second-order valence-electron chi connectivity index (χ2n) is 6.33. The summed E-state index contributed by atoms with van der Waals surface area (Å²) >= 11 is 5.92. The third-order valence-corrected chi connectivity index (χ3v) is 6.48. The molecule has 29 heavy (non-hydrogen) atoms. The number of amides is 1. The number of hydrogen-bond donors (Lipinski definition) is 6. The van der Waals surface area contributed by atoms with E-state index in [9.17, 15) is 39.8 Å². The lowest BCUT2D eigenvalue weighted by atomic mass is 9.97. The molecule has 164 valence electrons. The molecule has 1 fully saturated rings. The highest BCUT2D eigenvalue weighted by Crippen LogP contribution is 2.60. The Kier molecular flexibility index (Phi) is 8.02. The zero-order valence-electron chi connectivity index (χ0n) is 15.3. The Morgan fingerprint density at radius 1 is 1.31 bits per heavy atom. The summed E-state index contributed by atoms with van der Waals surface area (Å²) in [6.45, 7) is 0.424. The van der Waals surface area contributed by atoms with Gasteiger partial charge in [-0.3, -0.25) is 14.3 Å². The van der Waals surface area contributed by atoms with Crippen LogP contribution in [-0.4, -0.2) is 85.6 Å². The van der Waals surface area contributed by atoms with Gasteiger partial charge in [0.1, 0.15) is 30.2 Å². The van der Waals surface area contributed by atoms with Crippen LogP contribution in [0, 0.1) is 0 Å². The first-order chi connectivity index (χ1) is 13.6. The number of phenolic OH excluding ortho intramolecular Hbond substituents is 1. The van der Waals surface area contributed by atoms with E-state index in [0.717, 1.165) is 12.1 Å². The molecule has 2 rings (SSSR count). The molecule has 0 aromatic heterocycles. The Morgan fingerprint density at radius 2 is 1.97 bits per heavy atom. The van der Waals surface area contributed by atoms with Crippen molar-refractivity contribution in [1.29, 1.82) is 0 Å². The molecule has 0 spiro atoms. The number of ether oxygens (including phenoxy) is 1. The minimum absolute atomic E-state index is 0.0552. The number of hydrogen-bond acceptors (Lipinski definition) is 9. The zero-order valence-corrected chi connectivity index (χ0v) is 16.9. The molecule has 0 saturated carbocycles. The molecule has 1 aliphatic heterocycles. The molecule has 6 N–H and O–H groups in total. The maximum atomic E-state index is 12.9. The maximum Gasteiger partial charge on any atom is 0.355 e. The second kappa shape index (κ2) is 9.69. The van der Waals surface area contributed by atoms with E-state index in [2.05, 4.69) is 0 Å². The standard InChI is InChI=1S/C16H23ClNO10P/c1-2-27-29(25,26)16(9-5-8(17)3-4-10(9)21)18(7-20)15-14(24)13(23)12(22)11(6-19)28-15/h3-5,7,11-16,19,21-24H,2,6H2,1H3,(H,25,26)/t11-,12-,13+,14-,15?,16?/m1/s1. The van der Waals surface area contributed by atoms with Gasteiger partial charge in [0.15, 0.2) is 12.0 Å². The van der Waals surface area contributed by atoms with E-state index < -0.39 is 56.4 Å². The highest BCUT2D eigenvalue weighted by Gasteiger charge is 2.51. The van der Waals surface area contributed by atoms with Crippen LogP contribution < -0.4 is 0 Å². The molecule has 7 atom stereocenters. The summed E-state index contributed by atoms with van der Waals surface area (Å²) in [6, 6.07) is 3.57. The first-order valence-electron chi connectivity index (χ1n) is 8.57. The van der Waals surface area contributed by atoms with Crippen molar-refractivity contribution in [1.82, 2.24) is 4.90 Å². The number of halogens is 1. The van der Waals surface area contributed by atoms with Crippen LogP contribution in [-0.2, 0) is 18.6 Å². The van der Waals surface area contributed by atoms with Gasteiger partial charge in [-0.1, -0.05) is 11.6 Å². The number of phenols is 1. The predicted octanol–water partition coefficient (Wildman–Crippen LogP) is -0.476. The number of aromatic hydroxyl groups is 1. The summed E-state index contributed by atoms with van der Waals surface area (Å²) in [5.41, 5.74) is -0.277. The predicted molar refractivity (Wildman–Crippen MR) is 99.0 cm³/mol. The number of carbonyl (C=O) groups excluding carboxylic acids is 1. The average molecular weight is 456 g/mol. The van der Waals surface area contributed by atoms with Gasteiger partial charge >= 0.3 is 7.60 Å². The van der Waals surface area contributed by atoms with Gasteiger partial charge < -0.3 is 39.7 Å². The Bertz CT molecular complexity index is 765. The van der Waals surface area contributed by atoms with Crippen LogP contribution >= 0.6 is 19.2 Å². The molecule has 3 unspecified atom stereocenters. The molecular weight excluding hydrogens is 433 g/mol. The first-order valence-corrected chi connectivity index (χ1v) is 10.6. The van der Waals surface area contributed by atoms with Gasteiger partial charge in [-0.05, 0) is 25.1 Å². The van der Waals surface area contributed by atoms with Gasteiger partial charge in [0, 0.05) is 10.6 Å². The fraction of sp³-hybridized carbons (Fsp3) is 0.562. The molecular formula is C16H23ClNO10P. The van der Waals surface area contributed by atoms with E-state index >= 15 is 0 Å². The van der Waals surface area contributed by atoms with Gasteiger partial charge in [-0.2, -0.15) is 0 Å². The minimum atomic E-state index is -4.72. The van der Waals surface area contributed by atoms with Crippen LogP contribution in [0.25, 0.3) is 0 Å². The smallest absolute Gasteiger partial charge is 0.355 e.